The number of nitrogens with two attached hydrogens (primary N) is 1. The minimum Gasteiger partial charge on any atom is -0.469 e. The van der Waals surface area contributed by atoms with Gasteiger partial charge in [0.2, 0.25) is 5.95 Å². The summed E-state index contributed by atoms with van der Waals surface area (Å²) in [7, 11) is 3.17. The lowest BCUT2D eigenvalue weighted by Gasteiger charge is -2.19. The van der Waals surface area contributed by atoms with Gasteiger partial charge in [-0.1, -0.05) is 6.92 Å². The third-order valence-electron chi connectivity index (χ3n) is 2.16. The molecule has 88 valence electrons. The van der Waals surface area contributed by atoms with Crippen molar-refractivity contribution in [3.05, 3.63) is 12.3 Å². The highest BCUT2D eigenvalue weighted by atomic mass is 16.5. The Balaban J connectivity index is 2.65. The quantitative estimate of drug-likeness (QED) is 0.741. The Labute approximate surface area is 94.4 Å². The van der Waals surface area contributed by atoms with Crippen LogP contribution in [-0.2, 0) is 9.53 Å². The largest absolute Gasteiger partial charge is 0.469 e. The molecule has 0 amide bonds. The van der Waals surface area contributed by atoms with E-state index in [1.807, 2.05) is 0 Å². The number of anilines is 2. The highest BCUT2D eigenvalue weighted by Gasteiger charge is 2.16. The molecule has 0 aromatic carbocycles. The molecule has 0 spiro atoms. The zero-order valence-electron chi connectivity index (χ0n) is 9.67. The molecule has 1 atom stereocenters. The molecule has 0 saturated heterocycles. The van der Waals surface area contributed by atoms with Crippen molar-refractivity contribution < 1.29 is 9.53 Å². The maximum absolute atomic E-state index is 11.2. The van der Waals surface area contributed by atoms with Crippen LogP contribution in [0.2, 0.25) is 0 Å². The summed E-state index contributed by atoms with van der Waals surface area (Å²) in [6.07, 6.45) is 1.58. The van der Waals surface area contributed by atoms with E-state index in [-0.39, 0.29) is 11.9 Å². The number of hydrogen-bond donors (Lipinski definition) is 1. The predicted molar refractivity (Wildman–Crippen MR) is 60.9 cm³/mol. The molecular weight excluding hydrogens is 208 g/mol. The number of nitrogen functional groups attached to an aromatic ring is 1. The normalized spacial score (nSPS) is 11.9. The lowest BCUT2D eigenvalue weighted by molar-refractivity contribution is -0.144. The Kier molecular flexibility index (Phi) is 4.04. The van der Waals surface area contributed by atoms with E-state index < -0.39 is 0 Å². The van der Waals surface area contributed by atoms with Crippen LogP contribution in [0.1, 0.15) is 6.92 Å². The highest BCUT2D eigenvalue weighted by Crippen LogP contribution is 2.09. The van der Waals surface area contributed by atoms with Gasteiger partial charge in [0.15, 0.2) is 0 Å². The Morgan fingerprint density at radius 1 is 1.69 bits per heavy atom. The fourth-order valence-electron chi connectivity index (χ4n) is 1.31. The van der Waals surface area contributed by atoms with Crippen LogP contribution in [0.3, 0.4) is 0 Å². The molecular formula is C10H16N4O2. The summed E-state index contributed by atoms with van der Waals surface area (Å²) in [5, 5.41) is 0. The summed E-state index contributed by atoms with van der Waals surface area (Å²) in [5.41, 5.74) is 5.54. The average Bonchev–Trinajstić information content (AvgIpc) is 2.27. The molecule has 0 aliphatic carbocycles. The zero-order chi connectivity index (χ0) is 12.1. The van der Waals surface area contributed by atoms with Crippen molar-refractivity contribution in [1.29, 1.82) is 0 Å². The van der Waals surface area contributed by atoms with Crippen molar-refractivity contribution >= 4 is 17.7 Å². The van der Waals surface area contributed by atoms with Crippen molar-refractivity contribution in [1.82, 2.24) is 9.97 Å². The number of nitrogens with zero attached hydrogens (tertiary/aromatic N) is 3. The first kappa shape index (κ1) is 12.2. The van der Waals surface area contributed by atoms with Crippen molar-refractivity contribution in [3.63, 3.8) is 0 Å². The van der Waals surface area contributed by atoms with Gasteiger partial charge in [-0.05, 0) is 6.07 Å². The van der Waals surface area contributed by atoms with Crippen LogP contribution in [0, 0.1) is 5.92 Å². The van der Waals surface area contributed by atoms with E-state index in [0.29, 0.717) is 18.3 Å². The number of methoxy groups -OCH3 is 1. The van der Waals surface area contributed by atoms with Gasteiger partial charge in [-0.25, -0.2) is 4.98 Å². The van der Waals surface area contributed by atoms with Gasteiger partial charge in [0.05, 0.1) is 13.0 Å². The minimum absolute atomic E-state index is 0.236. The summed E-state index contributed by atoms with van der Waals surface area (Å²) < 4.78 is 4.64. The Bertz CT molecular complexity index is 370. The molecule has 0 radical (unpaired) electrons. The van der Waals surface area contributed by atoms with Gasteiger partial charge >= 0.3 is 5.97 Å². The second-order valence-corrected chi connectivity index (χ2v) is 3.59. The second kappa shape index (κ2) is 5.29. The Morgan fingerprint density at radius 2 is 2.38 bits per heavy atom. The molecule has 0 aliphatic heterocycles. The third kappa shape index (κ3) is 3.08. The van der Waals surface area contributed by atoms with Crippen LogP contribution in [0.5, 0.6) is 0 Å². The molecule has 2 N–H and O–H groups in total. The maximum atomic E-state index is 11.2. The van der Waals surface area contributed by atoms with E-state index in [0.717, 1.165) is 0 Å². The van der Waals surface area contributed by atoms with Gasteiger partial charge in [0.25, 0.3) is 0 Å². The smallest absolute Gasteiger partial charge is 0.310 e. The first-order chi connectivity index (χ1) is 7.54. The van der Waals surface area contributed by atoms with E-state index in [2.05, 4.69) is 14.7 Å². The van der Waals surface area contributed by atoms with Crippen LogP contribution < -0.4 is 10.6 Å². The van der Waals surface area contributed by atoms with Crippen LogP contribution in [0.4, 0.5) is 11.8 Å². The molecule has 6 heteroatoms. The van der Waals surface area contributed by atoms with Crippen LogP contribution >= 0.6 is 0 Å². The van der Waals surface area contributed by atoms with Gasteiger partial charge in [-0.15, -0.1) is 0 Å². The molecule has 1 heterocycles. The highest BCUT2D eigenvalue weighted by molar-refractivity contribution is 5.72. The summed E-state index contributed by atoms with van der Waals surface area (Å²) in [6, 6.07) is 1.61. The number of carbonyl (C=O) groups excluding carboxylic acids is 1. The number of ether oxygens (including phenoxy) is 1. The minimum atomic E-state index is -0.254. The van der Waals surface area contributed by atoms with Crippen LogP contribution in [0.25, 0.3) is 0 Å². The molecule has 6 nitrogen and oxygen atoms in total. The molecule has 0 bridgehead atoms. The zero-order valence-corrected chi connectivity index (χ0v) is 9.67. The lowest BCUT2D eigenvalue weighted by Crippen LogP contribution is -2.30. The van der Waals surface area contributed by atoms with Gasteiger partial charge in [0.1, 0.15) is 5.82 Å². The van der Waals surface area contributed by atoms with E-state index >= 15 is 0 Å². The fourth-order valence-corrected chi connectivity index (χ4v) is 1.31. The monoisotopic (exact) mass is 224 g/mol. The van der Waals surface area contributed by atoms with E-state index in [4.69, 9.17) is 5.73 Å². The fraction of sp³-hybridized carbons (Fsp3) is 0.500. The summed E-state index contributed by atoms with van der Waals surface area (Å²) in [6.45, 7) is 2.27. The lowest BCUT2D eigenvalue weighted by atomic mass is 10.2. The molecule has 1 rings (SSSR count). The number of aromatic nitrogens is 2. The van der Waals surface area contributed by atoms with E-state index in [9.17, 15) is 4.79 Å². The molecule has 1 aromatic heterocycles. The number of rotatable bonds is 4. The van der Waals surface area contributed by atoms with Gasteiger partial charge in [-0.3, -0.25) is 4.79 Å². The van der Waals surface area contributed by atoms with E-state index in [1.54, 1.807) is 31.1 Å². The summed E-state index contributed by atoms with van der Waals surface area (Å²) in [5.74, 6) is 0.411. The third-order valence-corrected chi connectivity index (χ3v) is 2.16. The molecule has 0 aliphatic rings. The molecule has 1 unspecified atom stereocenters. The van der Waals surface area contributed by atoms with Gasteiger partial charge < -0.3 is 15.4 Å². The van der Waals surface area contributed by atoms with Crippen LogP contribution in [-0.4, -0.2) is 36.6 Å². The van der Waals surface area contributed by atoms with Crippen molar-refractivity contribution in [3.8, 4) is 0 Å². The number of hydrogen-bond acceptors (Lipinski definition) is 6. The van der Waals surface area contributed by atoms with Gasteiger partial charge in [-0.2, -0.15) is 4.98 Å². The first-order valence-corrected chi connectivity index (χ1v) is 4.92. The number of esters is 1. The van der Waals surface area contributed by atoms with Crippen molar-refractivity contribution in [2.75, 3.05) is 31.3 Å². The predicted octanol–water partition coefficient (Wildman–Crippen LogP) is 0.304. The maximum Gasteiger partial charge on any atom is 0.310 e. The molecule has 16 heavy (non-hydrogen) atoms. The van der Waals surface area contributed by atoms with Crippen molar-refractivity contribution in [2.45, 2.75) is 6.92 Å². The van der Waals surface area contributed by atoms with Gasteiger partial charge in [0, 0.05) is 19.8 Å². The van der Waals surface area contributed by atoms with E-state index in [1.165, 1.54) is 7.11 Å². The topological polar surface area (TPSA) is 81.3 Å². The molecule has 0 saturated carbocycles. The van der Waals surface area contributed by atoms with Crippen LogP contribution in [0.15, 0.2) is 12.3 Å². The Morgan fingerprint density at radius 3 is 2.94 bits per heavy atom. The molecule has 0 fully saturated rings. The Hall–Kier alpha value is -1.85. The first-order valence-electron chi connectivity index (χ1n) is 4.92. The molecule has 1 aromatic rings. The second-order valence-electron chi connectivity index (χ2n) is 3.59. The number of carbonyl (C=O) groups is 1. The summed E-state index contributed by atoms with van der Waals surface area (Å²) in [4.78, 5) is 21.1. The SMILES string of the molecule is COC(=O)C(C)CN(C)c1nccc(N)n1. The average molecular weight is 224 g/mol. The summed E-state index contributed by atoms with van der Waals surface area (Å²) >= 11 is 0. The standard InChI is InChI=1S/C10H16N4O2/c1-7(9(15)16-3)6-14(2)10-12-5-4-8(11)13-10/h4-5,7H,6H2,1-3H3,(H2,11,12,13). The van der Waals surface area contributed by atoms with Crippen molar-refractivity contribution in [2.24, 2.45) is 5.92 Å².